The summed E-state index contributed by atoms with van der Waals surface area (Å²) in [5, 5.41) is 4.09. The number of aryl methyl sites for hydroxylation is 2. The second-order valence-electron chi connectivity index (χ2n) is 6.93. The molecule has 2 heterocycles. The summed E-state index contributed by atoms with van der Waals surface area (Å²) in [5.41, 5.74) is 5.46. The van der Waals surface area contributed by atoms with Gasteiger partial charge in [0.25, 0.3) is 5.91 Å². The van der Waals surface area contributed by atoms with Crippen molar-refractivity contribution in [3.63, 3.8) is 0 Å². The summed E-state index contributed by atoms with van der Waals surface area (Å²) >= 11 is 3.47. The van der Waals surface area contributed by atoms with Crippen molar-refractivity contribution >= 4 is 38.4 Å². The molecule has 0 bridgehead atoms. The second kappa shape index (κ2) is 7.60. The number of carbonyl (C=O) groups excluding carboxylic acids is 1. The Balaban J connectivity index is 1.60. The Labute approximate surface area is 172 Å². The van der Waals surface area contributed by atoms with Crippen molar-refractivity contribution in [3.05, 3.63) is 93.8 Å². The molecule has 0 spiro atoms. The van der Waals surface area contributed by atoms with Crippen LogP contribution in [0.4, 0.5) is 5.69 Å². The number of rotatable bonds is 4. The third-order valence-corrected chi connectivity index (χ3v) is 5.75. The van der Waals surface area contributed by atoms with Crippen LogP contribution in [0.15, 0.2) is 71.6 Å². The van der Waals surface area contributed by atoms with Gasteiger partial charge in [-0.3, -0.25) is 9.78 Å². The van der Waals surface area contributed by atoms with Crippen molar-refractivity contribution in [2.75, 3.05) is 5.32 Å². The quantitative estimate of drug-likeness (QED) is 0.447. The molecule has 2 aromatic heterocycles. The predicted molar refractivity (Wildman–Crippen MR) is 117 cm³/mol. The lowest BCUT2D eigenvalue weighted by Gasteiger charge is -2.12. The molecule has 4 rings (SSSR count). The smallest absolute Gasteiger partial charge is 0.255 e. The van der Waals surface area contributed by atoms with E-state index in [4.69, 9.17) is 0 Å². The fourth-order valence-corrected chi connectivity index (χ4v) is 3.53. The topological polar surface area (TPSA) is 46.9 Å². The molecule has 0 aliphatic rings. The first-order valence-corrected chi connectivity index (χ1v) is 9.87. The van der Waals surface area contributed by atoms with Gasteiger partial charge < -0.3 is 9.88 Å². The summed E-state index contributed by atoms with van der Waals surface area (Å²) in [6.07, 6.45) is 5.98. The van der Waals surface area contributed by atoms with Crippen LogP contribution in [0.3, 0.4) is 0 Å². The van der Waals surface area contributed by atoms with Gasteiger partial charge in [-0.25, -0.2) is 0 Å². The van der Waals surface area contributed by atoms with Crippen LogP contribution in [0.5, 0.6) is 0 Å². The van der Waals surface area contributed by atoms with Crippen LogP contribution in [0, 0.1) is 13.8 Å². The largest absolute Gasteiger partial charge is 0.350 e. The molecule has 4 nitrogen and oxygen atoms in total. The van der Waals surface area contributed by atoms with E-state index in [2.05, 4.69) is 36.9 Å². The molecule has 0 unspecified atom stereocenters. The number of carbonyl (C=O) groups is 1. The number of benzene rings is 2. The summed E-state index contributed by atoms with van der Waals surface area (Å²) in [6, 6.07) is 15.7. The van der Waals surface area contributed by atoms with Gasteiger partial charge in [0, 0.05) is 46.2 Å². The Morgan fingerprint density at radius 2 is 1.89 bits per heavy atom. The Hall–Kier alpha value is -2.92. The second-order valence-corrected chi connectivity index (χ2v) is 7.78. The van der Waals surface area contributed by atoms with E-state index in [0.717, 1.165) is 44.3 Å². The zero-order chi connectivity index (χ0) is 19.7. The van der Waals surface area contributed by atoms with Crippen LogP contribution in [-0.2, 0) is 6.54 Å². The standard InChI is InChI=1S/C23H20BrN3O/c1-15-11-19(5-7-20(15)24)23(28)26-21-8-6-18-12-17(13-25-22(18)16(21)2)14-27-9-3-4-10-27/h3-13H,14H2,1-2H3,(H,26,28). The van der Waals surface area contributed by atoms with Crippen molar-refractivity contribution < 1.29 is 4.79 Å². The van der Waals surface area contributed by atoms with Crippen LogP contribution in [-0.4, -0.2) is 15.5 Å². The minimum Gasteiger partial charge on any atom is -0.350 e. The van der Waals surface area contributed by atoms with E-state index < -0.39 is 0 Å². The summed E-state index contributed by atoms with van der Waals surface area (Å²) in [5.74, 6) is -0.123. The Bertz CT molecular complexity index is 1170. The van der Waals surface area contributed by atoms with Crippen LogP contribution >= 0.6 is 15.9 Å². The number of aromatic nitrogens is 2. The molecule has 2 aromatic carbocycles. The monoisotopic (exact) mass is 433 g/mol. The lowest BCUT2D eigenvalue weighted by Crippen LogP contribution is -2.13. The van der Waals surface area contributed by atoms with Gasteiger partial charge in [0.05, 0.1) is 5.52 Å². The number of nitrogens with one attached hydrogen (secondary N) is 1. The van der Waals surface area contributed by atoms with Gasteiger partial charge in [0.2, 0.25) is 0 Å². The number of amides is 1. The highest BCUT2D eigenvalue weighted by molar-refractivity contribution is 9.10. The molecule has 1 amide bonds. The first-order chi connectivity index (χ1) is 13.5. The molecule has 0 radical (unpaired) electrons. The van der Waals surface area contributed by atoms with Gasteiger partial charge in [-0.1, -0.05) is 22.0 Å². The van der Waals surface area contributed by atoms with Crippen molar-refractivity contribution in [1.82, 2.24) is 9.55 Å². The predicted octanol–water partition coefficient (Wildman–Crippen LogP) is 5.72. The summed E-state index contributed by atoms with van der Waals surface area (Å²) in [6.45, 7) is 4.75. The lowest BCUT2D eigenvalue weighted by molar-refractivity contribution is 0.102. The van der Waals surface area contributed by atoms with E-state index in [1.54, 1.807) is 0 Å². The lowest BCUT2D eigenvalue weighted by atomic mass is 10.1. The summed E-state index contributed by atoms with van der Waals surface area (Å²) < 4.78 is 3.11. The number of anilines is 1. The molecular weight excluding hydrogens is 414 g/mol. The zero-order valence-corrected chi connectivity index (χ0v) is 17.3. The number of halogens is 1. The molecule has 5 heteroatoms. The molecule has 0 saturated carbocycles. The number of fused-ring (bicyclic) bond motifs is 1. The van der Waals surface area contributed by atoms with Crippen molar-refractivity contribution in [3.8, 4) is 0 Å². The minimum atomic E-state index is -0.123. The normalized spacial score (nSPS) is 11.0. The first-order valence-electron chi connectivity index (χ1n) is 9.08. The van der Waals surface area contributed by atoms with E-state index >= 15 is 0 Å². The third-order valence-electron chi connectivity index (χ3n) is 4.86. The zero-order valence-electron chi connectivity index (χ0n) is 15.7. The van der Waals surface area contributed by atoms with Crippen LogP contribution in [0.25, 0.3) is 10.9 Å². The van der Waals surface area contributed by atoms with Crippen molar-refractivity contribution in [2.24, 2.45) is 0 Å². The average Bonchev–Trinajstić information content (AvgIpc) is 3.19. The molecule has 1 N–H and O–H groups in total. The molecular formula is C23H20BrN3O. The fourth-order valence-electron chi connectivity index (χ4n) is 3.28. The summed E-state index contributed by atoms with van der Waals surface area (Å²) in [7, 11) is 0. The number of pyridine rings is 1. The average molecular weight is 434 g/mol. The SMILES string of the molecule is Cc1cc(C(=O)Nc2ccc3cc(Cn4cccc4)cnc3c2C)ccc1Br. The van der Waals surface area contributed by atoms with E-state index in [0.29, 0.717) is 5.56 Å². The molecule has 28 heavy (non-hydrogen) atoms. The van der Waals surface area contributed by atoms with Crippen molar-refractivity contribution in [1.29, 1.82) is 0 Å². The summed E-state index contributed by atoms with van der Waals surface area (Å²) in [4.78, 5) is 17.3. The fraction of sp³-hybridized carbons (Fsp3) is 0.130. The van der Waals surface area contributed by atoms with Gasteiger partial charge in [0.1, 0.15) is 0 Å². The Morgan fingerprint density at radius 3 is 2.64 bits per heavy atom. The van der Waals surface area contributed by atoms with E-state index in [1.165, 1.54) is 0 Å². The van der Waals surface area contributed by atoms with Crippen LogP contribution in [0.1, 0.15) is 27.0 Å². The van der Waals surface area contributed by atoms with Gasteiger partial charge in [-0.2, -0.15) is 0 Å². The highest BCUT2D eigenvalue weighted by Gasteiger charge is 2.11. The van der Waals surface area contributed by atoms with Gasteiger partial charge in [-0.15, -0.1) is 0 Å². The Kier molecular flexibility index (Phi) is 5.01. The molecule has 0 aliphatic heterocycles. The third kappa shape index (κ3) is 3.71. The molecule has 4 aromatic rings. The van der Waals surface area contributed by atoms with Gasteiger partial charge in [-0.05, 0) is 73.0 Å². The molecule has 0 saturated heterocycles. The molecule has 140 valence electrons. The van der Waals surface area contributed by atoms with Crippen LogP contribution in [0.2, 0.25) is 0 Å². The number of nitrogens with zero attached hydrogens (tertiary/aromatic N) is 2. The number of hydrogen-bond donors (Lipinski definition) is 1. The van der Waals surface area contributed by atoms with Gasteiger partial charge >= 0.3 is 0 Å². The van der Waals surface area contributed by atoms with Crippen molar-refractivity contribution in [2.45, 2.75) is 20.4 Å². The minimum absolute atomic E-state index is 0.123. The highest BCUT2D eigenvalue weighted by Crippen LogP contribution is 2.26. The van der Waals surface area contributed by atoms with E-state index in [1.807, 2.05) is 74.9 Å². The maximum Gasteiger partial charge on any atom is 0.255 e. The van der Waals surface area contributed by atoms with Crippen LogP contribution < -0.4 is 5.32 Å². The van der Waals surface area contributed by atoms with E-state index in [-0.39, 0.29) is 5.91 Å². The van der Waals surface area contributed by atoms with Gasteiger partial charge in [0.15, 0.2) is 0 Å². The maximum atomic E-state index is 12.6. The van der Waals surface area contributed by atoms with E-state index in [9.17, 15) is 4.79 Å². The first kappa shape index (κ1) is 18.4. The number of hydrogen-bond acceptors (Lipinski definition) is 2. The molecule has 0 fully saturated rings. The molecule has 0 atom stereocenters. The molecule has 0 aliphatic carbocycles. The Morgan fingerprint density at radius 1 is 1.11 bits per heavy atom. The maximum absolute atomic E-state index is 12.6. The highest BCUT2D eigenvalue weighted by atomic mass is 79.9.